The van der Waals surface area contributed by atoms with Crippen molar-refractivity contribution in [2.24, 2.45) is 7.05 Å². The van der Waals surface area contributed by atoms with Gasteiger partial charge in [-0.1, -0.05) is 20.8 Å². The van der Waals surface area contributed by atoms with Crippen molar-refractivity contribution in [3.63, 3.8) is 0 Å². The van der Waals surface area contributed by atoms with Crippen LogP contribution in [0.1, 0.15) is 47.4 Å². The Balaban J connectivity index is 1.99. The van der Waals surface area contributed by atoms with E-state index in [1.54, 1.807) is 11.7 Å². The number of hydrogen-bond acceptors (Lipinski definition) is 5. The van der Waals surface area contributed by atoms with Gasteiger partial charge in [-0.05, 0) is 13.8 Å². The Bertz CT molecular complexity index is 1040. The lowest BCUT2D eigenvalue weighted by Crippen LogP contribution is -2.27. The second-order valence-electron chi connectivity index (χ2n) is 7.08. The standard InChI is InChI=1S/C17H21N5O2S/c1-9-10(2)25-16-18-8-11(15(24)22(9)16)14(23)19-13-7-12(17(3,4)5)20-21(13)6/h7-8H,1-6H3,(H,19,23). The van der Waals surface area contributed by atoms with E-state index >= 15 is 0 Å². The third-order valence-electron chi connectivity index (χ3n) is 4.15. The summed E-state index contributed by atoms with van der Waals surface area (Å²) in [6.07, 6.45) is 1.34. The molecule has 0 saturated carbocycles. The quantitative estimate of drug-likeness (QED) is 0.763. The lowest BCUT2D eigenvalue weighted by Gasteiger charge is -2.13. The number of amides is 1. The zero-order valence-electron chi connectivity index (χ0n) is 15.2. The molecule has 0 aliphatic rings. The first-order valence-corrected chi connectivity index (χ1v) is 8.75. The second kappa shape index (κ2) is 5.80. The van der Waals surface area contributed by atoms with E-state index in [2.05, 4.69) is 15.4 Å². The van der Waals surface area contributed by atoms with Crippen LogP contribution in [0.3, 0.4) is 0 Å². The average molecular weight is 359 g/mol. The fourth-order valence-electron chi connectivity index (χ4n) is 2.47. The van der Waals surface area contributed by atoms with Crippen LogP contribution >= 0.6 is 11.3 Å². The minimum atomic E-state index is -0.487. The maximum absolute atomic E-state index is 12.7. The van der Waals surface area contributed by atoms with Crippen molar-refractivity contribution in [1.82, 2.24) is 19.2 Å². The Kier molecular flexibility index (Phi) is 4.03. The van der Waals surface area contributed by atoms with E-state index in [-0.39, 0.29) is 16.5 Å². The number of rotatable bonds is 2. The molecule has 25 heavy (non-hydrogen) atoms. The average Bonchev–Trinajstić information content (AvgIpc) is 3.01. The van der Waals surface area contributed by atoms with Crippen molar-refractivity contribution in [3.8, 4) is 0 Å². The number of aromatic nitrogens is 4. The Hall–Kier alpha value is -2.48. The summed E-state index contributed by atoms with van der Waals surface area (Å²) in [4.78, 5) is 31.1. The van der Waals surface area contributed by atoms with Crippen molar-refractivity contribution in [1.29, 1.82) is 0 Å². The molecule has 3 heterocycles. The molecule has 0 aliphatic heterocycles. The van der Waals surface area contributed by atoms with Crippen LogP contribution in [-0.2, 0) is 12.5 Å². The number of fused-ring (bicyclic) bond motifs is 1. The van der Waals surface area contributed by atoms with E-state index in [0.29, 0.717) is 10.8 Å². The summed E-state index contributed by atoms with van der Waals surface area (Å²) in [7, 11) is 1.76. The fraction of sp³-hybridized carbons (Fsp3) is 0.412. The number of nitrogens with one attached hydrogen (secondary N) is 1. The van der Waals surface area contributed by atoms with Gasteiger partial charge in [0.2, 0.25) is 0 Å². The maximum atomic E-state index is 12.7. The lowest BCUT2D eigenvalue weighted by atomic mass is 9.92. The smallest absolute Gasteiger partial charge is 0.271 e. The van der Waals surface area contributed by atoms with E-state index in [9.17, 15) is 9.59 Å². The highest BCUT2D eigenvalue weighted by Gasteiger charge is 2.21. The molecule has 1 amide bonds. The number of aryl methyl sites for hydroxylation is 3. The molecule has 1 N–H and O–H groups in total. The van der Waals surface area contributed by atoms with Gasteiger partial charge in [-0.2, -0.15) is 5.10 Å². The van der Waals surface area contributed by atoms with E-state index in [4.69, 9.17) is 0 Å². The first kappa shape index (κ1) is 17.3. The SMILES string of the molecule is Cc1sc2ncc(C(=O)Nc3cc(C(C)(C)C)nn3C)c(=O)n2c1C. The molecular weight excluding hydrogens is 338 g/mol. The van der Waals surface area contributed by atoms with Crippen LogP contribution in [0, 0.1) is 13.8 Å². The molecule has 132 valence electrons. The van der Waals surface area contributed by atoms with Gasteiger partial charge in [0, 0.05) is 35.3 Å². The summed E-state index contributed by atoms with van der Waals surface area (Å²) in [5.41, 5.74) is 1.19. The summed E-state index contributed by atoms with van der Waals surface area (Å²) >= 11 is 1.43. The molecule has 8 heteroatoms. The van der Waals surface area contributed by atoms with Crippen LogP contribution < -0.4 is 10.9 Å². The van der Waals surface area contributed by atoms with Gasteiger partial charge >= 0.3 is 0 Å². The van der Waals surface area contributed by atoms with Crippen molar-refractivity contribution >= 4 is 28.0 Å². The largest absolute Gasteiger partial charge is 0.307 e. The molecule has 0 unspecified atom stereocenters. The fourth-order valence-corrected chi connectivity index (χ4v) is 3.40. The van der Waals surface area contributed by atoms with Gasteiger partial charge in [-0.3, -0.25) is 18.7 Å². The van der Waals surface area contributed by atoms with E-state index in [1.807, 2.05) is 40.7 Å². The minimum Gasteiger partial charge on any atom is -0.307 e. The number of anilines is 1. The van der Waals surface area contributed by atoms with Crippen LogP contribution in [-0.4, -0.2) is 25.1 Å². The normalized spacial score (nSPS) is 11.9. The zero-order chi connectivity index (χ0) is 18.5. The summed E-state index contributed by atoms with van der Waals surface area (Å²) in [6.45, 7) is 9.92. The predicted octanol–water partition coefficient (Wildman–Crippen LogP) is 2.66. The van der Waals surface area contributed by atoms with Crippen molar-refractivity contribution in [2.45, 2.75) is 40.0 Å². The molecule has 0 aromatic carbocycles. The predicted molar refractivity (Wildman–Crippen MR) is 98.7 cm³/mol. The Morgan fingerprint density at radius 3 is 2.56 bits per heavy atom. The van der Waals surface area contributed by atoms with Crippen molar-refractivity contribution < 1.29 is 4.79 Å². The number of nitrogens with zero attached hydrogens (tertiary/aromatic N) is 4. The summed E-state index contributed by atoms with van der Waals surface area (Å²) in [6, 6.07) is 1.82. The van der Waals surface area contributed by atoms with E-state index in [0.717, 1.165) is 16.3 Å². The maximum Gasteiger partial charge on any atom is 0.271 e. The molecule has 3 aromatic rings. The van der Waals surface area contributed by atoms with Crippen molar-refractivity contribution in [2.75, 3.05) is 5.32 Å². The summed E-state index contributed by atoms with van der Waals surface area (Å²) < 4.78 is 3.08. The molecule has 0 saturated heterocycles. The highest BCUT2D eigenvalue weighted by molar-refractivity contribution is 7.17. The third-order valence-corrected chi connectivity index (χ3v) is 5.22. The first-order valence-electron chi connectivity index (χ1n) is 7.93. The Labute approximate surface area is 149 Å². The van der Waals surface area contributed by atoms with Gasteiger partial charge in [0.05, 0.1) is 5.69 Å². The van der Waals surface area contributed by atoms with Crippen LogP contribution in [0.5, 0.6) is 0 Å². The monoisotopic (exact) mass is 359 g/mol. The summed E-state index contributed by atoms with van der Waals surface area (Å²) in [5, 5.41) is 7.19. The zero-order valence-corrected chi connectivity index (χ0v) is 16.0. The molecule has 0 fully saturated rings. The number of carbonyl (C=O) groups excluding carboxylic acids is 1. The highest BCUT2D eigenvalue weighted by atomic mass is 32.1. The third kappa shape index (κ3) is 2.97. The van der Waals surface area contributed by atoms with E-state index < -0.39 is 5.91 Å². The second-order valence-corrected chi connectivity index (χ2v) is 8.26. The van der Waals surface area contributed by atoms with Crippen LogP contribution in [0.2, 0.25) is 0 Å². The lowest BCUT2D eigenvalue weighted by molar-refractivity contribution is 0.102. The molecular formula is C17H21N5O2S. The number of carbonyl (C=O) groups is 1. The van der Waals surface area contributed by atoms with Crippen molar-refractivity contribution in [3.05, 3.63) is 44.4 Å². The van der Waals surface area contributed by atoms with Gasteiger partial charge < -0.3 is 5.32 Å². The topological polar surface area (TPSA) is 81.3 Å². The van der Waals surface area contributed by atoms with E-state index in [1.165, 1.54) is 21.9 Å². The summed E-state index contributed by atoms with van der Waals surface area (Å²) in [5.74, 6) is 0.0521. The van der Waals surface area contributed by atoms with Gasteiger partial charge in [0.1, 0.15) is 11.4 Å². The molecule has 0 bridgehead atoms. The van der Waals surface area contributed by atoms with Crippen LogP contribution in [0.25, 0.3) is 4.96 Å². The molecule has 0 spiro atoms. The van der Waals surface area contributed by atoms with Crippen LogP contribution in [0.15, 0.2) is 17.1 Å². The highest BCUT2D eigenvalue weighted by Crippen LogP contribution is 2.23. The molecule has 0 atom stereocenters. The van der Waals surface area contributed by atoms with Gasteiger partial charge in [-0.25, -0.2) is 4.98 Å². The molecule has 3 aromatic heterocycles. The van der Waals surface area contributed by atoms with Crippen LogP contribution in [0.4, 0.5) is 5.82 Å². The molecule has 3 rings (SSSR count). The molecule has 7 nitrogen and oxygen atoms in total. The van der Waals surface area contributed by atoms with Gasteiger partial charge in [0.25, 0.3) is 11.5 Å². The number of thiazole rings is 1. The Morgan fingerprint density at radius 1 is 1.28 bits per heavy atom. The molecule has 0 aliphatic carbocycles. The van der Waals surface area contributed by atoms with Gasteiger partial charge in [-0.15, -0.1) is 11.3 Å². The van der Waals surface area contributed by atoms with Gasteiger partial charge in [0.15, 0.2) is 4.96 Å². The first-order chi connectivity index (χ1) is 11.6. The Morgan fingerprint density at radius 2 is 1.96 bits per heavy atom. The number of hydrogen-bond donors (Lipinski definition) is 1. The molecule has 0 radical (unpaired) electrons. The minimum absolute atomic E-state index is 0.0110.